The maximum atomic E-state index is 12.8. The first-order valence-electron chi connectivity index (χ1n) is 7.00. The number of nitrogen functional groups attached to an aromatic ring is 1. The van der Waals surface area contributed by atoms with Crippen molar-refractivity contribution in [3.05, 3.63) is 18.2 Å². The van der Waals surface area contributed by atoms with E-state index in [4.69, 9.17) is 15.2 Å². The van der Waals surface area contributed by atoms with Crippen molar-refractivity contribution in [1.82, 2.24) is 4.31 Å². The molecule has 1 unspecified atom stereocenters. The van der Waals surface area contributed by atoms with Crippen molar-refractivity contribution in [1.29, 1.82) is 0 Å². The van der Waals surface area contributed by atoms with Crippen LogP contribution in [-0.2, 0) is 14.8 Å². The molecule has 7 heteroatoms. The summed E-state index contributed by atoms with van der Waals surface area (Å²) in [6.07, 6.45) is 0.805. The Kier molecular flexibility index (Phi) is 5.08. The van der Waals surface area contributed by atoms with Crippen molar-refractivity contribution in [2.24, 2.45) is 5.92 Å². The van der Waals surface area contributed by atoms with Crippen LogP contribution in [0.1, 0.15) is 13.3 Å². The molecule has 2 N–H and O–H groups in total. The summed E-state index contributed by atoms with van der Waals surface area (Å²) < 4.78 is 37.6. The SMILES string of the molecule is CCOc1ccc(N)cc1S(=O)(=O)N1CCC(COC)C1. The molecule has 6 nitrogen and oxygen atoms in total. The predicted octanol–water partition coefficient (Wildman–Crippen LogP) is 1.32. The number of benzene rings is 1. The zero-order valence-electron chi connectivity index (χ0n) is 12.4. The Hall–Kier alpha value is -1.31. The standard InChI is InChI=1S/C14H22N2O4S/c1-3-20-13-5-4-12(15)8-14(13)21(17,18)16-7-6-11(9-16)10-19-2/h4-5,8,11H,3,6-7,9-10,15H2,1-2H3. The van der Waals surface area contributed by atoms with Gasteiger partial charge in [0.15, 0.2) is 0 Å². The molecule has 1 fully saturated rings. The quantitative estimate of drug-likeness (QED) is 0.801. The van der Waals surface area contributed by atoms with Crippen molar-refractivity contribution < 1.29 is 17.9 Å². The highest BCUT2D eigenvalue weighted by atomic mass is 32.2. The lowest BCUT2D eigenvalue weighted by Crippen LogP contribution is -2.30. The Morgan fingerprint density at radius 2 is 2.19 bits per heavy atom. The number of hydrogen-bond acceptors (Lipinski definition) is 5. The van der Waals surface area contributed by atoms with Crippen molar-refractivity contribution in [2.45, 2.75) is 18.2 Å². The van der Waals surface area contributed by atoms with Crippen molar-refractivity contribution >= 4 is 15.7 Å². The van der Waals surface area contributed by atoms with Gasteiger partial charge in [-0.15, -0.1) is 0 Å². The largest absolute Gasteiger partial charge is 0.492 e. The van der Waals surface area contributed by atoms with Gasteiger partial charge in [0.2, 0.25) is 10.0 Å². The molecule has 1 aromatic carbocycles. The summed E-state index contributed by atoms with van der Waals surface area (Å²) in [5.74, 6) is 0.586. The molecule has 0 aromatic heterocycles. The van der Waals surface area contributed by atoms with Crippen LogP contribution in [0.4, 0.5) is 5.69 Å². The first kappa shape index (κ1) is 16.1. The van der Waals surface area contributed by atoms with E-state index >= 15 is 0 Å². The number of hydrogen-bond donors (Lipinski definition) is 1. The van der Waals surface area contributed by atoms with E-state index in [-0.39, 0.29) is 10.8 Å². The van der Waals surface area contributed by atoms with Crippen molar-refractivity contribution in [2.75, 3.05) is 39.1 Å². The fourth-order valence-electron chi connectivity index (χ4n) is 2.53. The highest BCUT2D eigenvalue weighted by Gasteiger charge is 2.34. The van der Waals surface area contributed by atoms with E-state index in [1.807, 2.05) is 6.92 Å². The summed E-state index contributed by atoms with van der Waals surface area (Å²) in [5.41, 5.74) is 6.14. The summed E-state index contributed by atoms with van der Waals surface area (Å²) in [6.45, 7) is 3.75. The van der Waals surface area contributed by atoms with E-state index < -0.39 is 10.0 Å². The van der Waals surface area contributed by atoms with Gasteiger partial charge in [0, 0.05) is 25.9 Å². The zero-order valence-corrected chi connectivity index (χ0v) is 13.2. The van der Waals surface area contributed by atoms with E-state index in [9.17, 15) is 8.42 Å². The first-order chi connectivity index (χ1) is 9.98. The van der Waals surface area contributed by atoms with Crippen molar-refractivity contribution in [3.63, 3.8) is 0 Å². The molecular formula is C14H22N2O4S. The van der Waals surface area contributed by atoms with Gasteiger partial charge in [0.05, 0.1) is 13.2 Å². The molecule has 1 saturated heterocycles. The van der Waals surface area contributed by atoms with Gasteiger partial charge in [-0.05, 0) is 37.5 Å². The smallest absolute Gasteiger partial charge is 0.246 e. The van der Waals surface area contributed by atoms with Gasteiger partial charge in [0.1, 0.15) is 10.6 Å². The Morgan fingerprint density at radius 3 is 2.86 bits per heavy atom. The monoisotopic (exact) mass is 314 g/mol. The second kappa shape index (κ2) is 6.64. The van der Waals surface area contributed by atoms with Crippen LogP contribution >= 0.6 is 0 Å². The fourth-order valence-corrected chi connectivity index (χ4v) is 4.22. The average molecular weight is 314 g/mol. The van der Waals surface area contributed by atoms with Crippen LogP contribution in [-0.4, -0.2) is 46.1 Å². The van der Waals surface area contributed by atoms with Crippen LogP contribution in [0.25, 0.3) is 0 Å². The minimum absolute atomic E-state index is 0.141. The number of methoxy groups -OCH3 is 1. The Balaban J connectivity index is 2.29. The molecule has 21 heavy (non-hydrogen) atoms. The Labute approximate surface area is 125 Å². The van der Waals surface area contributed by atoms with Crippen LogP contribution in [0, 0.1) is 5.92 Å². The van der Waals surface area contributed by atoms with Gasteiger partial charge >= 0.3 is 0 Å². The maximum absolute atomic E-state index is 12.8. The molecule has 2 rings (SSSR count). The van der Waals surface area contributed by atoms with E-state index in [0.717, 1.165) is 6.42 Å². The molecule has 0 bridgehead atoms. The van der Waals surface area contributed by atoms with Crippen LogP contribution in [0.3, 0.4) is 0 Å². The third-order valence-corrected chi connectivity index (χ3v) is 5.42. The molecule has 1 aromatic rings. The molecule has 0 spiro atoms. The number of nitrogens with two attached hydrogens (primary N) is 1. The first-order valence-corrected chi connectivity index (χ1v) is 8.44. The number of rotatable bonds is 6. The van der Waals surface area contributed by atoms with Crippen LogP contribution in [0.5, 0.6) is 5.75 Å². The topological polar surface area (TPSA) is 81.9 Å². The van der Waals surface area contributed by atoms with Gasteiger partial charge in [-0.1, -0.05) is 0 Å². The van der Waals surface area contributed by atoms with Crippen molar-refractivity contribution in [3.8, 4) is 5.75 Å². The molecule has 1 aliphatic rings. The molecule has 1 aliphatic heterocycles. The van der Waals surface area contributed by atoms with Crippen LogP contribution in [0.15, 0.2) is 23.1 Å². The van der Waals surface area contributed by atoms with E-state index in [1.54, 1.807) is 19.2 Å². The third kappa shape index (κ3) is 3.48. The lowest BCUT2D eigenvalue weighted by Gasteiger charge is -2.19. The summed E-state index contributed by atoms with van der Waals surface area (Å²) in [4.78, 5) is 0.141. The van der Waals surface area contributed by atoms with E-state index in [0.29, 0.717) is 37.7 Å². The zero-order chi connectivity index (χ0) is 15.5. The number of nitrogens with zero attached hydrogens (tertiary/aromatic N) is 1. The molecule has 1 atom stereocenters. The summed E-state index contributed by atoms with van der Waals surface area (Å²) >= 11 is 0. The Bertz CT molecular complexity index is 589. The Morgan fingerprint density at radius 1 is 1.43 bits per heavy atom. The van der Waals surface area contributed by atoms with Gasteiger partial charge in [0.25, 0.3) is 0 Å². The molecule has 0 amide bonds. The molecule has 118 valence electrons. The van der Waals surface area contributed by atoms with Crippen LogP contribution < -0.4 is 10.5 Å². The van der Waals surface area contributed by atoms with Gasteiger partial charge in [-0.3, -0.25) is 0 Å². The van der Waals surface area contributed by atoms with E-state index in [2.05, 4.69) is 0 Å². The third-order valence-electron chi connectivity index (χ3n) is 3.54. The highest BCUT2D eigenvalue weighted by Crippen LogP contribution is 2.31. The van der Waals surface area contributed by atoms with Gasteiger partial charge < -0.3 is 15.2 Å². The second-order valence-corrected chi connectivity index (χ2v) is 7.02. The van der Waals surface area contributed by atoms with Gasteiger partial charge in [-0.25, -0.2) is 8.42 Å². The van der Waals surface area contributed by atoms with E-state index in [1.165, 1.54) is 10.4 Å². The summed E-state index contributed by atoms with van der Waals surface area (Å²) in [5, 5.41) is 0. The average Bonchev–Trinajstić information content (AvgIpc) is 2.91. The minimum atomic E-state index is -3.59. The highest BCUT2D eigenvalue weighted by molar-refractivity contribution is 7.89. The van der Waals surface area contributed by atoms with Gasteiger partial charge in [-0.2, -0.15) is 4.31 Å². The summed E-state index contributed by atoms with van der Waals surface area (Å²) in [7, 11) is -1.97. The molecule has 0 aliphatic carbocycles. The number of sulfonamides is 1. The molecule has 1 heterocycles. The second-order valence-electron chi connectivity index (χ2n) is 5.11. The molecule has 0 radical (unpaired) electrons. The van der Waals surface area contributed by atoms with Crippen LogP contribution in [0.2, 0.25) is 0 Å². The minimum Gasteiger partial charge on any atom is -0.492 e. The molecule has 0 saturated carbocycles. The normalized spacial score (nSPS) is 19.8. The number of anilines is 1. The fraction of sp³-hybridized carbons (Fsp3) is 0.571. The predicted molar refractivity (Wildman–Crippen MR) is 80.8 cm³/mol. The maximum Gasteiger partial charge on any atom is 0.246 e. The molecular weight excluding hydrogens is 292 g/mol. The lowest BCUT2D eigenvalue weighted by molar-refractivity contribution is 0.157. The lowest BCUT2D eigenvalue weighted by atomic mass is 10.1. The number of ether oxygens (including phenoxy) is 2. The summed E-state index contributed by atoms with van der Waals surface area (Å²) in [6, 6.07) is 4.71.